The van der Waals surface area contributed by atoms with Crippen LogP contribution < -0.4 is 10.6 Å². The first-order valence-electron chi connectivity index (χ1n) is 10.0. The quantitative estimate of drug-likeness (QED) is 0.419. The van der Waals surface area contributed by atoms with Gasteiger partial charge < -0.3 is 20.3 Å². The normalized spacial score (nSPS) is 22.5. The van der Waals surface area contributed by atoms with Gasteiger partial charge in [-0.25, -0.2) is 4.99 Å². The second-order valence-corrected chi connectivity index (χ2v) is 7.49. The van der Waals surface area contributed by atoms with Crippen LogP contribution in [0, 0.1) is 0 Å². The molecule has 0 bridgehead atoms. The van der Waals surface area contributed by atoms with E-state index in [0.717, 1.165) is 32.0 Å². The molecule has 0 aromatic carbocycles. The summed E-state index contributed by atoms with van der Waals surface area (Å²) in [6.45, 7) is 1.98. The summed E-state index contributed by atoms with van der Waals surface area (Å²) < 4.78 is 5.79. The molecule has 2 aliphatic rings. The minimum absolute atomic E-state index is 0.0281. The van der Waals surface area contributed by atoms with Crippen LogP contribution in [0.25, 0.3) is 0 Å². The van der Waals surface area contributed by atoms with Crippen LogP contribution in [-0.2, 0) is 9.53 Å². The van der Waals surface area contributed by atoms with Gasteiger partial charge in [0.25, 0.3) is 0 Å². The largest absolute Gasteiger partial charge is 0.378 e. The van der Waals surface area contributed by atoms with Crippen molar-refractivity contribution >= 4 is 11.9 Å². The zero-order valence-electron chi connectivity index (χ0n) is 16.1. The highest BCUT2D eigenvalue weighted by molar-refractivity contribution is 5.84. The lowest BCUT2D eigenvalue weighted by Gasteiger charge is -2.25. The van der Waals surface area contributed by atoms with Crippen molar-refractivity contribution in [3.05, 3.63) is 0 Å². The van der Waals surface area contributed by atoms with Crippen molar-refractivity contribution in [2.45, 2.75) is 76.4 Å². The number of carbonyl (C=O) groups is 1. The van der Waals surface area contributed by atoms with E-state index in [-0.39, 0.29) is 12.5 Å². The number of hydrogen-bond donors (Lipinski definition) is 2. The number of guanidine groups is 1. The maximum absolute atomic E-state index is 11.8. The van der Waals surface area contributed by atoms with Crippen molar-refractivity contribution < 1.29 is 9.53 Å². The minimum atomic E-state index is 0.0281. The molecule has 1 unspecified atom stereocenters. The number of nitrogens with zero attached hydrogens (tertiary/aromatic N) is 2. The Labute approximate surface area is 152 Å². The molecule has 144 valence electrons. The first kappa shape index (κ1) is 20.0. The first-order valence-corrected chi connectivity index (χ1v) is 10.0. The molecule has 1 aliphatic carbocycles. The van der Waals surface area contributed by atoms with Crippen molar-refractivity contribution in [3.8, 4) is 0 Å². The van der Waals surface area contributed by atoms with Gasteiger partial charge in [0.2, 0.25) is 5.91 Å². The lowest BCUT2D eigenvalue weighted by molar-refractivity contribution is -0.127. The molecule has 1 amide bonds. The lowest BCUT2D eigenvalue weighted by atomic mass is 9.96. The lowest BCUT2D eigenvalue weighted by Crippen LogP contribution is -2.45. The maximum atomic E-state index is 11.8. The number of amides is 1. The Morgan fingerprint density at radius 3 is 2.56 bits per heavy atom. The Kier molecular flexibility index (Phi) is 9.08. The Balaban J connectivity index is 1.75. The third kappa shape index (κ3) is 8.08. The minimum Gasteiger partial charge on any atom is -0.378 e. The highest BCUT2D eigenvalue weighted by Gasteiger charge is 2.16. The van der Waals surface area contributed by atoms with E-state index in [1.54, 1.807) is 19.0 Å². The fourth-order valence-electron chi connectivity index (χ4n) is 3.45. The van der Waals surface area contributed by atoms with Gasteiger partial charge in [-0.2, -0.15) is 0 Å². The molecule has 1 saturated heterocycles. The predicted molar refractivity (Wildman–Crippen MR) is 102 cm³/mol. The summed E-state index contributed by atoms with van der Waals surface area (Å²) in [5, 5.41) is 6.94. The average Bonchev–Trinajstić information content (AvgIpc) is 2.64. The van der Waals surface area contributed by atoms with Crippen LogP contribution >= 0.6 is 0 Å². The van der Waals surface area contributed by atoms with Crippen molar-refractivity contribution in [3.63, 3.8) is 0 Å². The Morgan fingerprint density at radius 2 is 1.88 bits per heavy atom. The van der Waals surface area contributed by atoms with Gasteiger partial charge in [0.15, 0.2) is 5.96 Å². The summed E-state index contributed by atoms with van der Waals surface area (Å²) in [6.07, 6.45) is 12.6. The third-order valence-corrected chi connectivity index (χ3v) is 5.09. The van der Waals surface area contributed by atoms with E-state index < -0.39 is 0 Å². The molecule has 2 rings (SSSR count). The SMILES string of the molecule is CN(C)C(=O)CN=C(NCCCC1CCCCO1)NC1CCCCC1. The van der Waals surface area contributed by atoms with Crippen LogP contribution in [0.1, 0.15) is 64.2 Å². The van der Waals surface area contributed by atoms with Crippen LogP contribution in [0.15, 0.2) is 4.99 Å². The highest BCUT2D eigenvalue weighted by atomic mass is 16.5. The Hall–Kier alpha value is -1.30. The molecule has 0 aromatic heterocycles. The number of nitrogens with one attached hydrogen (secondary N) is 2. The maximum Gasteiger partial charge on any atom is 0.243 e. The number of rotatable bonds is 7. The number of carbonyl (C=O) groups excluding carboxylic acids is 1. The molecule has 6 heteroatoms. The standard InChI is InChI=1S/C19H36N4O2/c1-23(2)18(24)15-21-19(22-16-9-4-3-5-10-16)20-13-8-12-17-11-6-7-14-25-17/h16-17H,3-15H2,1-2H3,(H2,20,21,22). The Morgan fingerprint density at radius 1 is 1.12 bits per heavy atom. The van der Waals surface area contributed by atoms with Gasteiger partial charge >= 0.3 is 0 Å². The second kappa shape index (κ2) is 11.3. The fraction of sp³-hybridized carbons (Fsp3) is 0.895. The topological polar surface area (TPSA) is 66.0 Å². The molecule has 25 heavy (non-hydrogen) atoms. The van der Waals surface area contributed by atoms with Crippen LogP contribution in [0.3, 0.4) is 0 Å². The van der Waals surface area contributed by atoms with E-state index in [0.29, 0.717) is 12.1 Å². The van der Waals surface area contributed by atoms with Crippen molar-refractivity contribution in [2.24, 2.45) is 4.99 Å². The Bertz CT molecular complexity index is 414. The van der Waals surface area contributed by atoms with Gasteiger partial charge in [-0.3, -0.25) is 4.79 Å². The summed E-state index contributed by atoms with van der Waals surface area (Å²) in [6, 6.07) is 0.483. The molecular formula is C19H36N4O2. The molecule has 2 fully saturated rings. The van der Waals surface area contributed by atoms with Crippen LogP contribution in [0.4, 0.5) is 0 Å². The van der Waals surface area contributed by atoms with Gasteiger partial charge in [-0.05, 0) is 44.9 Å². The van der Waals surface area contributed by atoms with Crippen molar-refractivity contribution in [1.29, 1.82) is 0 Å². The second-order valence-electron chi connectivity index (χ2n) is 7.49. The first-order chi connectivity index (χ1) is 12.1. The summed E-state index contributed by atoms with van der Waals surface area (Å²) in [4.78, 5) is 17.9. The van der Waals surface area contributed by atoms with E-state index >= 15 is 0 Å². The molecule has 0 spiro atoms. The smallest absolute Gasteiger partial charge is 0.243 e. The predicted octanol–water partition coefficient (Wildman–Crippen LogP) is 2.29. The molecule has 1 heterocycles. The monoisotopic (exact) mass is 352 g/mol. The van der Waals surface area contributed by atoms with Gasteiger partial charge in [0, 0.05) is 33.3 Å². The number of likely N-dealkylation sites (N-methyl/N-ethyl adjacent to an activating group) is 1. The highest BCUT2D eigenvalue weighted by Crippen LogP contribution is 2.18. The van der Waals surface area contributed by atoms with Crippen molar-refractivity contribution in [2.75, 3.05) is 33.8 Å². The third-order valence-electron chi connectivity index (χ3n) is 5.09. The molecule has 1 aliphatic heterocycles. The van der Waals surface area contributed by atoms with Gasteiger partial charge in [-0.15, -0.1) is 0 Å². The molecule has 6 nitrogen and oxygen atoms in total. The summed E-state index contributed by atoms with van der Waals surface area (Å²) >= 11 is 0. The summed E-state index contributed by atoms with van der Waals surface area (Å²) in [7, 11) is 3.54. The molecule has 2 N–H and O–H groups in total. The molecule has 0 aromatic rings. The van der Waals surface area contributed by atoms with Gasteiger partial charge in [0.05, 0.1) is 6.10 Å². The number of hydrogen-bond acceptors (Lipinski definition) is 3. The van der Waals surface area contributed by atoms with Crippen LogP contribution in [0.2, 0.25) is 0 Å². The molecule has 0 radical (unpaired) electrons. The van der Waals surface area contributed by atoms with E-state index in [1.165, 1.54) is 51.4 Å². The van der Waals surface area contributed by atoms with Crippen LogP contribution in [-0.4, -0.2) is 62.7 Å². The van der Waals surface area contributed by atoms with Gasteiger partial charge in [0.1, 0.15) is 6.54 Å². The average molecular weight is 353 g/mol. The van der Waals surface area contributed by atoms with E-state index in [4.69, 9.17) is 4.74 Å². The fourth-order valence-corrected chi connectivity index (χ4v) is 3.45. The summed E-state index contributed by atoms with van der Waals surface area (Å²) in [5.74, 6) is 0.812. The van der Waals surface area contributed by atoms with Gasteiger partial charge in [-0.1, -0.05) is 19.3 Å². The van der Waals surface area contributed by atoms with Crippen molar-refractivity contribution in [1.82, 2.24) is 15.5 Å². The molecular weight excluding hydrogens is 316 g/mol. The number of ether oxygens (including phenoxy) is 1. The molecule has 1 atom stereocenters. The van der Waals surface area contributed by atoms with E-state index in [9.17, 15) is 4.79 Å². The number of aliphatic imine (C=N–C) groups is 1. The molecule has 1 saturated carbocycles. The van der Waals surface area contributed by atoms with Crippen LogP contribution in [0.5, 0.6) is 0 Å². The zero-order chi connectivity index (χ0) is 17.9. The zero-order valence-corrected chi connectivity index (χ0v) is 16.1. The van der Waals surface area contributed by atoms with E-state index in [1.807, 2.05) is 0 Å². The van der Waals surface area contributed by atoms with E-state index in [2.05, 4.69) is 15.6 Å². The summed E-state index contributed by atoms with van der Waals surface area (Å²) in [5.41, 5.74) is 0.